The molecule has 0 saturated carbocycles. The van der Waals surface area contributed by atoms with E-state index in [2.05, 4.69) is 6.58 Å². The van der Waals surface area contributed by atoms with Crippen LogP contribution < -0.4 is 4.74 Å². The third-order valence-corrected chi connectivity index (χ3v) is 6.15. The van der Waals surface area contributed by atoms with Crippen molar-refractivity contribution in [3.8, 4) is 5.75 Å². The quantitative estimate of drug-likeness (QED) is 0.307. The van der Waals surface area contributed by atoms with E-state index in [4.69, 9.17) is 23.7 Å². The van der Waals surface area contributed by atoms with E-state index in [9.17, 15) is 19.5 Å². The molecule has 0 heterocycles. The van der Waals surface area contributed by atoms with Crippen molar-refractivity contribution in [1.29, 1.82) is 0 Å². The number of rotatable bonds is 9. The SMILES string of the molecule is C=C1C/C(C(=O)OC)=C(/C(=O)OC)[C@@H](CCC)[C@@H](OC(C)=O)[C@H](OCc2ccc(OC)cc2)C[C@H]1O. The average Bonchev–Trinajstić information content (AvgIpc) is 2.91. The number of carbonyl (C=O) groups is 3. The molecule has 0 amide bonds. The summed E-state index contributed by atoms with van der Waals surface area (Å²) in [5.41, 5.74) is 1.18. The fraction of sp³-hybridized carbons (Fsp3) is 0.519. The lowest BCUT2D eigenvalue weighted by atomic mass is 9.82. The van der Waals surface area contributed by atoms with E-state index in [1.807, 2.05) is 19.1 Å². The molecule has 0 spiro atoms. The zero-order chi connectivity index (χ0) is 26.8. The van der Waals surface area contributed by atoms with Crippen LogP contribution >= 0.6 is 0 Å². The predicted molar refractivity (Wildman–Crippen MR) is 131 cm³/mol. The third kappa shape index (κ3) is 7.41. The van der Waals surface area contributed by atoms with Crippen molar-refractivity contribution < 1.29 is 43.2 Å². The van der Waals surface area contributed by atoms with Crippen molar-refractivity contribution in [2.75, 3.05) is 21.3 Å². The van der Waals surface area contributed by atoms with Crippen LogP contribution in [-0.2, 0) is 39.9 Å². The molecule has 1 aliphatic rings. The number of hydrogen-bond acceptors (Lipinski definition) is 9. The lowest BCUT2D eigenvalue weighted by molar-refractivity contribution is -0.163. The second-order valence-corrected chi connectivity index (χ2v) is 8.63. The Morgan fingerprint density at radius 2 is 1.69 bits per heavy atom. The summed E-state index contributed by atoms with van der Waals surface area (Å²) in [5, 5.41) is 10.9. The summed E-state index contributed by atoms with van der Waals surface area (Å²) in [6.45, 7) is 7.24. The molecule has 198 valence electrons. The molecule has 36 heavy (non-hydrogen) atoms. The van der Waals surface area contributed by atoms with Crippen molar-refractivity contribution in [3.63, 3.8) is 0 Å². The first-order valence-corrected chi connectivity index (χ1v) is 11.8. The van der Waals surface area contributed by atoms with Crippen molar-refractivity contribution in [1.82, 2.24) is 0 Å². The van der Waals surface area contributed by atoms with Crippen molar-refractivity contribution in [2.24, 2.45) is 5.92 Å². The van der Waals surface area contributed by atoms with E-state index in [1.54, 1.807) is 19.2 Å². The first kappa shape index (κ1) is 29.1. The summed E-state index contributed by atoms with van der Waals surface area (Å²) in [6, 6.07) is 7.26. The molecule has 0 bridgehead atoms. The van der Waals surface area contributed by atoms with Crippen LogP contribution in [-0.4, -0.2) is 62.7 Å². The average molecular weight is 505 g/mol. The highest BCUT2D eigenvalue weighted by atomic mass is 16.6. The molecule has 9 nitrogen and oxygen atoms in total. The van der Waals surface area contributed by atoms with Gasteiger partial charge in [-0.05, 0) is 29.7 Å². The highest BCUT2D eigenvalue weighted by molar-refractivity contribution is 6.01. The van der Waals surface area contributed by atoms with Gasteiger partial charge >= 0.3 is 17.9 Å². The van der Waals surface area contributed by atoms with E-state index in [0.717, 1.165) is 5.56 Å². The number of esters is 3. The number of aliphatic hydroxyl groups is 1. The van der Waals surface area contributed by atoms with E-state index in [1.165, 1.54) is 21.1 Å². The van der Waals surface area contributed by atoms with E-state index >= 15 is 0 Å². The van der Waals surface area contributed by atoms with Gasteiger partial charge in [0.15, 0.2) is 0 Å². The van der Waals surface area contributed by atoms with Gasteiger partial charge in [-0.3, -0.25) is 4.79 Å². The Morgan fingerprint density at radius 1 is 1.06 bits per heavy atom. The summed E-state index contributed by atoms with van der Waals surface area (Å²) in [4.78, 5) is 38.0. The molecule has 1 aliphatic carbocycles. The lowest BCUT2D eigenvalue weighted by Crippen LogP contribution is -2.43. The summed E-state index contributed by atoms with van der Waals surface area (Å²) in [7, 11) is 3.99. The summed E-state index contributed by atoms with van der Waals surface area (Å²) < 4.78 is 27.1. The zero-order valence-corrected chi connectivity index (χ0v) is 21.6. The second kappa shape index (κ2) is 13.8. The maximum absolute atomic E-state index is 13.1. The van der Waals surface area contributed by atoms with E-state index in [-0.39, 0.29) is 30.6 Å². The van der Waals surface area contributed by atoms with Gasteiger partial charge in [-0.2, -0.15) is 0 Å². The van der Waals surface area contributed by atoms with Gasteiger partial charge in [0, 0.05) is 25.7 Å². The van der Waals surface area contributed by atoms with Crippen molar-refractivity contribution >= 4 is 17.9 Å². The Bertz CT molecular complexity index is 964. The Balaban J connectivity index is 2.63. The molecule has 0 unspecified atom stereocenters. The molecule has 9 heteroatoms. The molecule has 0 radical (unpaired) electrons. The lowest BCUT2D eigenvalue weighted by Gasteiger charge is -2.34. The van der Waals surface area contributed by atoms with Crippen molar-refractivity contribution in [3.05, 3.63) is 53.1 Å². The zero-order valence-electron chi connectivity index (χ0n) is 21.6. The van der Waals surface area contributed by atoms with Gasteiger partial charge < -0.3 is 28.8 Å². The standard InChI is InChI=1S/C27H36O9/c1-7-8-20-24(27(31)34-6)21(26(30)33-5)13-16(2)22(29)14-23(25(20)36-17(3)28)35-15-18-9-11-19(32-4)12-10-18/h9-12,20,22-23,25,29H,2,7-8,13-15H2,1,3-6H3/b24-21-/t20-,22-,23-,25-/m1/s1. The van der Waals surface area contributed by atoms with Crippen LogP contribution in [0.25, 0.3) is 0 Å². The van der Waals surface area contributed by atoms with Crippen LogP contribution in [0.15, 0.2) is 47.6 Å². The third-order valence-electron chi connectivity index (χ3n) is 6.15. The van der Waals surface area contributed by atoms with Gasteiger partial charge in [-0.15, -0.1) is 0 Å². The van der Waals surface area contributed by atoms with Crippen LogP contribution in [0.5, 0.6) is 5.75 Å². The predicted octanol–water partition coefficient (Wildman–Crippen LogP) is 3.28. The Morgan fingerprint density at radius 3 is 2.22 bits per heavy atom. The number of carbonyl (C=O) groups excluding carboxylic acids is 3. The van der Waals surface area contributed by atoms with Crippen LogP contribution in [0.2, 0.25) is 0 Å². The second-order valence-electron chi connectivity index (χ2n) is 8.63. The van der Waals surface area contributed by atoms with Crippen molar-refractivity contribution in [2.45, 2.75) is 64.4 Å². The van der Waals surface area contributed by atoms with E-state index < -0.39 is 42.1 Å². The molecule has 1 aromatic rings. The first-order chi connectivity index (χ1) is 17.2. The molecule has 0 aliphatic heterocycles. The number of aliphatic hydroxyl groups excluding tert-OH is 1. The molecule has 1 aromatic carbocycles. The first-order valence-electron chi connectivity index (χ1n) is 11.8. The van der Waals surface area contributed by atoms with Crippen LogP contribution in [0.4, 0.5) is 0 Å². The summed E-state index contributed by atoms with van der Waals surface area (Å²) in [5.74, 6) is -2.14. The minimum atomic E-state index is -1.09. The fourth-order valence-corrected chi connectivity index (χ4v) is 4.36. The van der Waals surface area contributed by atoms with Crippen LogP contribution in [0.3, 0.4) is 0 Å². The van der Waals surface area contributed by atoms with Gasteiger partial charge in [-0.25, -0.2) is 9.59 Å². The molecule has 4 atom stereocenters. The van der Waals surface area contributed by atoms with Crippen LogP contribution in [0, 0.1) is 5.92 Å². The Labute approximate surface area is 212 Å². The van der Waals surface area contributed by atoms with Gasteiger partial charge in [-0.1, -0.05) is 32.1 Å². The maximum atomic E-state index is 13.1. The maximum Gasteiger partial charge on any atom is 0.334 e. The smallest absolute Gasteiger partial charge is 0.334 e. The highest BCUT2D eigenvalue weighted by Gasteiger charge is 2.42. The molecule has 0 fully saturated rings. The number of benzene rings is 1. The molecule has 2 rings (SSSR count). The molecular formula is C27H36O9. The topological polar surface area (TPSA) is 118 Å². The van der Waals surface area contributed by atoms with E-state index in [0.29, 0.717) is 24.2 Å². The highest BCUT2D eigenvalue weighted by Crippen LogP contribution is 2.37. The Kier molecular flexibility index (Phi) is 11.1. The van der Waals surface area contributed by atoms with Gasteiger partial charge in [0.2, 0.25) is 0 Å². The number of hydrogen-bond donors (Lipinski definition) is 1. The minimum Gasteiger partial charge on any atom is -0.497 e. The number of ether oxygens (including phenoxy) is 5. The minimum absolute atomic E-state index is 0.0137. The van der Waals surface area contributed by atoms with Gasteiger partial charge in [0.25, 0.3) is 0 Å². The molecular weight excluding hydrogens is 468 g/mol. The number of methoxy groups -OCH3 is 3. The molecule has 1 N–H and O–H groups in total. The fourth-order valence-electron chi connectivity index (χ4n) is 4.36. The molecule has 0 saturated heterocycles. The largest absolute Gasteiger partial charge is 0.497 e. The molecule has 0 aromatic heterocycles. The summed E-state index contributed by atoms with van der Waals surface area (Å²) >= 11 is 0. The normalized spacial score (nSPS) is 24.7. The monoisotopic (exact) mass is 504 g/mol. The van der Waals surface area contributed by atoms with Gasteiger partial charge in [0.1, 0.15) is 11.9 Å². The van der Waals surface area contributed by atoms with Crippen LogP contribution in [0.1, 0.15) is 45.1 Å². The summed E-state index contributed by atoms with van der Waals surface area (Å²) in [6.07, 6.45) is -1.99. The Hall–Kier alpha value is -3.17. The van der Waals surface area contributed by atoms with Gasteiger partial charge in [0.05, 0.1) is 51.3 Å².